The Bertz CT molecular complexity index is 1440. The molecule has 0 aliphatic carbocycles. The number of benzene rings is 2. The number of ether oxygens (including phenoxy) is 2. The molecule has 0 saturated carbocycles. The summed E-state index contributed by atoms with van der Waals surface area (Å²) in [6.45, 7) is 6.62. The molecule has 9 nitrogen and oxygen atoms in total. The van der Waals surface area contributed by atoms with Gasteiger partial charge in [0.05, 0.1) is 24.7 Å². The summed E-state index contributed by atoms with van der Waals surface area (Å²) in [5.41, 5.74) is 1.85. The second kappa shape index (κ2) is 10.1. The van der Waals surface area contributed by atoms with Gasteiger partial charge in [-0.25, -0.2) is 8.42 Å². The van der Waals surface area contributed by atoms with Gasteiger partial charge in [-0.3, -0.25) is 0 Å². The third-order valence-corrected chi connectivity index (χ3v) is 7.89. The number of sulfonamides is 1. The average molecular weight is 500 g/mol. The van der Waals surface area contributed by atoms with Gasteiger partial charge in [0, 0.05) is 24.0 Å². The molecule has 186 valence electrons. The van der Waals surface area contributed by atoms with Crippen LogP contribution in [0.25, 0.3) is 34.0 Å². The van der Waals surface area contributed by atoms with Crippen molar-refractivity contribution in [3.8, 4) is 34.5 Å². The summed E-state index contributed by atoms with van der Waals surface area (Å²) in [7, 11) is -0.523. The predicted octanol–water partition coefficient (Wildman–Crippen LogP) is 5.29. The number of hydrogen-bond acceptors (Lipinski definition) is 8. The Labute approximate surface area is 204 Å². The van der Waals surface area contributed by atoms with Crippen LogP contribution in [-0.4, -0.2) is 50.2 Å². The van der Waals surface area contributed by atoms with E-state index in [4.69, 9.17) is 18.4 Å². The minimum Gasteiger partial charge on any atom is -0.493 e. The molecule has 10 heteroatoms. The summed E-state index contributed by atoms with van der Waals surface area (Å²) in [6.07, 6.45) is 1.73. The van der Waals surface area contributed by atoms with Crippen molar-refractivity contribution < 1.29 is 26.8 Å². The van der Waals surface area contributed by atoms with E-state index in [2.05, 4.69) is 10.1 Å². The van der Waals surface area contributed by atoms with Crippen LogP contribution in [0.2, 0.25) is 0 Å². The number of unbranched alkanes of at least 4 members (excludes halogenated alkanes) is 1. The molecule has 4 rings (SSSR count). The second-order valence-corrected chi connectivity index (χ2v) is 9.97. The fourth-order valence-corrected chi connectivity index (χ4v) is 5.50. The van der Waals surface area contributed by atoms with Crippen molar-refractivity contribution >= 4 is 21.0 Å². The van der Waals surface area contributed by atoms with Gasteiger partial charge in [0.1, 0.15) is 5.58 Å². The Morgan fingerprint density at radius 2 is 1.89 bits per heavy atom. The van der Waals surface area contributed by atoms with Gasteiger partial charge in [-0.05, 0) is 43.7 Å². The molecule has 2 heterocycles. The van der Waals surface area contributed by atoms with Crippen molar-refractivity contribution in [1.29, 1.82) is 0 Å². The van der Waals surface area contributed by atoms with Crippen molar-refractivity contribution in [2.45, 2.75) is 38.5 Å². The molecule has 0 saturated heterocycles. The first kappa shape index (κ1) is 24.7. The Morgan fingerprint density at radius 3 is 2.57 bits per heavy atom. The highest BCUT2D eigenvalue weighted by atomic mass is 32.2. The molecule has 4 aromatic rings. The highest BCUT2D eigenvalue weighted by molar-refractivity contribution is 7.89. The number of furan rings is 1. The van der Waals surface area contributed by atoms with E-state index >= 15 is 0 Å². The number of fused-ring (bicyclic) bond motifs is 1. The Balaban J connectivity index is 1.73. The normalized spacial score (nSPS) is 11.9. The predicted molar refractivity (Wildman–Crippen MR) is 132 cm³/mol. The third kappa shape index (κ3) is 4.51. The van der Waals surface area contributed by atoms with E-state index in [1.165, 1.54) is 4.31 Å². The lowest BCUT2D eigenvalue weighted by atomic mass is 10.1. The van der Waals surface area contributed by atoms with Crippen LogP contribution in [0.1, 0.15) is 32.3 Å². The molecule has 35 heavy (non-hydrogen) atoms. The van der Waals surface area contributed by atoms with Gasteiger partial charge in [-0.2, -0.15) is 9.29 Å². The number of aromatic nitrogens is 2. The lowest BCUT2D eigenvalue weighted by Crippen LogP contribution is -2.31. The van der Waals surface area contributed by atoms with E-state index in [1.807, 2.05) is 20.8 Å². The standard InChI is InChI=1S/C25H29N3O6S/c1-6-8-14-28(7-2)35(29,30)17-12-13-20-19(15-17)16(3)22(33-20)25-26-24(27-34-25)18-10-9-11-21(31-4)23(18)32-5/h9-13,15H,6-8,14H2,1-5H3. The number of hydrogen-bond donors (Lipinski definition) is 0. The number of rotatable bonds is 10. The summed E-state index contributed by atoms with van der Waals surface area (Å²) < 4.78 is 50.2. The Morgan fingerprint density at radius 1 is 1.09 bits per heavy atom. The lowest BCUT2D eigenvalue weighted by molar-refractivity contribution is 0.355. The highest BCUT2D eigenvalue weighted by Gasteiger charge is 2.26. The quantitative estimate of drug-likeness (QED) is 0.290. The molecule has 0 amide bonds. The molecule has 0 unspecified atom stereocenters. The minimum atomic E-state index is -3.62. The van der Waals surface area contributed by atoms with Crippen LogP contribution in [0, 0.1) is 6.92 Å². The maximum Gasteiger partial charge on any atom is 0.294 e. The van der Waals surface area contributed by atoms with Crippen LogP contribution in [0.15, 0.2) is 50.2 Å². The highest BCUT2D eigenvalue weighted by Crippen LogP contribution is 2.39. The van der Waals surface area contributed by atoms with E-state index in [0.717, 1.165) is 12.8 Å². The third-order valence-electron chi connectivity index (χ3n) is 5.92. The van der Waals surface area contributed by atoms with Gasteiger partial charge in [-0.1, -0.05) is 31.5 Å². The summed E-state index contributed by atoms with van der Waals surface area (Å²) in [6, 6.07) is 10.3. The SMILES string of the molecule is CCCCN(CC)S(=O)(=O)c1ccc2oc(-c3nc(-c4cccc(OC)c4OC)no3)c(C)c2c1. The zero-order valence-electron chi connectivity index (χ0n) is 20.5. The first-order valence-corrected chi connectivity index (χ1v) is 12.9. The molecule has 2 aromatic carbocycles. The van der Waals surface area contributed by atoms with Crippen LogP contribution in [0.4, 0.5) is 0 Å². The minimum absolute atomic E-state index is 0.182. The van der Waals surface area contributed by atoms with Crippen molar-refractivity contribution in [2.75, 3.05) is 27.3 Å². The second-order valence-electron chi connectivity index (χ2n) is 8.03. The molecular weight excluding hydrogens is 470 g/mol. The van der Waals surface area contributed by atoms with Gasteiger partial charge in [-0.15, -0.1) is 0 Å². The van der Waals surface area contributed by atoms with E-state index in [-0.39, 0.29) is 10.8 Å². The molecule has 0 fully saturated rings. The summed E-state index contributed by atoms with van der Waals surface area (Å²) >= 11 is 0. The van der Waals surface area contributed by atoms with Crippen LogP contribution >= 0.6 is 0 Å². The molecule has 0 N–H and O–H groups in total. The van der Waals surface area contributed by atoms with Gasteiger partial charge in [0.15, 0.2) is 17.3 Å². The zero-order chi connectivity index (χ0) is 25.2. The first-order valence-electron chi connectivity index (χ1n) is 11.4. The summed E-state index contributed by atoms with van der Waals surface area (Å²) in [5.74, 6) is 1.91. The lowest BCUT2D eigenvalue weighted by Gasteiger charge is -2.20. The first-order chi connectivity index (χ1) is 16.8. The van der Waals surface area contributed by atoms with Crippen LogP contribution in [0.3, 0.4) is 0 Å². The number of nitrogens with zero attached hydrogens (tertiary/aromatic N) is 3. The van der Waals surface area contributed by atoms with Crippen molar-refractivity contribution in [1.82, 2.24) is 14.4 Å². The molecule has 2 aromatic heterocycles. The average Bonchev–Trinajstić information content (AvgIpc) is 3.48. The van der Waals surface area contributed by atoms with Crippen molar-refractivity contribution in [3.63, 3.8) is 0 Å². The molecule has 0 aliphatic rings. The molecule has 0 aliphatic heterocycles. The van der Waals surface area contributed by atoms with Gasteiger partial charge >= 0.3 is 0 Å². The van der Waals surface area contributed by atoms with Crippen LogP contribution in [0.5, 0.6) is 11.5 Å². The monoisotopic (exact) mass is 499 g/mol. The number of methoxy groups -OCH3 is 2. The summed E-state index contributed by atoms with van der Waals surface area (Å²) in [5, 5.41) is 4.77. The number of aryl methyl sites for hydroxylation is 1. The van der Waals surface area contributed by atoms with Crippen LogP contribution in [-0.2, 0) is 10.0 Å². The maximum atomic E-state index is 13.2. The van der Waals surface area contributed by atoms with Gasteiger partial charge in [0.25, 0.3) is 5.89 Å². The fourth-order valence-electron chi connectivity index (χ4n) is 3.98. The van der Waals surface area contributed by atoms with Crippen molar-refractivity contribution in [3.05, 3.63) is 42.0 Å². The van der Waals surface area contributed by atoms with E-state index in [9.17, 15) is 8.42 Å². The van der Waals surface area contributed by atoms with E-state index in [1.54, 1.807) is 50.6 Å². The molecule has 0 bridgehead atoms. The van der Waals surface area contributed by atoms with Gasteiger partial charge in [0.2, 0.25) is 15.8 Å². The molecule has 0 atom stereocenters. The van der Waals surface area contributed by atoms with E-state index in [0.29, 0.717) is 58.3 Å². The van der Waals surface area contributed by atoms with Crippen LogP contribution < -0.4 is 9.47 Å². The molecule has 0 radical (unpaired) electrons. The Kier molecular flexibility index (Phi) is 7.13. The molecule has 0 spiro atoms. The number of para-hydroxylation sites is 1. The maximum absolute atomic E-state index is 13.2. The summed E-state index contributed by atoms with van der Waals surface area (Å²) in [4.78, 5) is 4.73. The fraction of sp³-hybridized carbons (Fsp3) is 0.360. The smallest absolute Gasteiger partial charge is 0.294 e. The largest absolute Gasteiger partial charge is 0.493 e. The molecular formula is C25H29N3O6S. The Hall–Kier alpha value is -3.37. The van der Waals surface area contributed by atoms with E-state index < -0.39 is 10.0 Å². The zero-order valence-corrected chi connectivity index (χ0v) is 21.3. The topological polar surface area (TPSA) is 108 Å². The van der Waals surface area contributed by atoms with Gasteiger partial charge < -0.3 is 18.4 Å². The van der Waals surface area contributed by atoms with Crippen molar-refractivity contribution in [2.24, 2.45) is 0 Å².